The van der Waals surface area contributed by atoms with E-state index in [1.165, 1.54) is 0 Å². The number of rotatable bonds is 3. The SMILES string of the molecule is COc1cc2c(cc1OC)C(OC)CCO2. The van der Waals surface area contributed by atoms with Gasteiger partial charge in [-0.1, -0.05) is 0 Å². The average Bonchev–Trinajstić information content (AvgIpc) is 2.36. The minimum absolute atomic E-state index is 0.0727. The van der Waals surface area contributed by atoms with Gasteiger partial charge in [0.05, 0.1) is 26.9 Å². The molecule has 0 radical (unpaired) electrons. The number of ether oxygens (including phenoxy) is 4. The number of fused-ring (bicyclic) bond motifs is 1. The average molecular weight is 224 g/mol. The zero-order valence-electron chi connectivity index (χ0n) is 9.78. The summed E-state index contributed by atoms with van der Waals surface area (Å²) in [7, 11) is 4.94. The lowest BCUT2D eigenvalue weighted by atomic mass is 10.0. The molecular formula is C12H16O4. The second-order valence-electron chi connectivity index (χ2n) is 3.61. The Morgan fingerprint density at radius 1 is 1.12 bits per heavy atom. The molecule has 1 aliphatic rings. The zero-order valence-corrected chi connectivity index (χ0v) is 9.78. The van der Waals surface area contributed by atoms with E-state index in [-0.39, 0.29) is 6.10 Å². The van der Waals surface area contributed by atoms with Gasteiger partial charge in [0.25, 0.3) is 0 Å². The first kappa shape index (κ1) is 11.1. The molecule has 0 saturated heterocycles. The Balaban J connectivity index is 2.46. The molecule has 0 aliphatic carbocycles. The molecule has 1 aromatic rings. The molecule has 1 atom stereocenters. The second-order valence-corrected chi connectivity index (χ2v) is 3.61. The van der Waals surface area contributed by atoms with Crippen LogP contribution >= 0.6 is 0 Å². The van der Waals surface area contributed by atoms with Crippen LogP contribution in [0.3, 0.4) is 0 Å². The molecule has 16 heavy (non-hydrogen) atoms. The van der Waals surface area contributed by atoms with Crippen molar-refractivity contribution < 1.29 is 18.9 Å². The smallest absolute Gasteiger partial charge is 0.164 e. The Morgan fingerprint density at radius 3 is 2.44 bits per heavy atom. The van der Waals surface area contributed by atoms with Crippen LogP contribution in [-0.2, 0) is 4.74 Å². The first-order valence-electron chi connectivity index (χ1n) is 5.21. The molecule has 0 saturated carbocycles. The summed E-state index contributed by atoms with van der Waals surface area (Å²) in [6.45, 7) is 0.668. The molecule has 0 aromatic heterocycles. The van der Waals surface area contributed by atoms with Crippen molar-refractivity contribution in [2.75, 3.05) is 27.9 Å². The van der Waals surface area contributed by atoms with Crippen LogP contribution in [0, 0.1) is 0 Å². The maximum Gasteiger partial charge on any atom is 0.164 e. The van der Waals surface area contributed by atoms with Crippen molar-refractivity contribution in [1.82, 2.24) is 0 Å². The van der Waals surface area contributed by atoms with Crippen molar-refractivity contribution in [1.29, 1.82) is 0 Å². The van der Waals surface area contributed by atoms with Gasteiger partial charge in [-0.15, -0.1) is 0 Å². The number of hydrogen-bond acceptors (Lipinski definition) is 4. The number of methoxy groups -OCH3 is 3. The highest BCUT2D eigenvalue weighted by Gasteiger charge is 2.23. The third-order valence-corrected chi connectivity index (χ3v) is 2.78. The third kappa shape index (κ3) is 1.80. The van der Waals surface area contributed by atoms with Crippen LogP contribution in [0.4, 0.5) is 0 Å². The molecule has 4 heteroatoms. The van der Waals surface area contributed by atoms with Crippen molar-refractivity contribution in [3.63, 3.8) is 0 Å². The minimum atomic E-state index is 0.0727. The van der Waals surface area contributed by atoms with E-state index in [1.807, 2.05) is 12.1 Å². The van der Waals surface area contributed by atoms with Crippen LogP contribution in [0.25, 0.3) is 0 Å². The summed E-state index contributed by atoms with van der Waals surface area (Å²) in [5.41, 5.74) is 1.02. The summed E-state index contributed by atoms with van der Waals surface area (Å²) in [5.74, 6) is 2.20. The van der Waals surface area contributed by atoms with Gasteiger partial charge < -0.3 is 18.9 Å². The van der Waals surface area contributed by atoms with Crippen molar-refractivity contribution in [3.05, 3.63) is 17.7 Å². The predicted molar refractivity (Wildman–Crippen MR) is 59.4 cm³/mol. The van der Waals surface area contributed by atoms with E-state index < -0.39 is 0 Å². The Bertz CT molecular complexity index is 376. The van der Waals surface area contributed by atoms with E-state index in [1.54, 1.807) is 21.3 Å². The van der Waals surface area contributed by atoms with Gasteiger partial charge in [-0.25, -0.2) is 0 Å². The molecule has 0 spiro atoms. The Labute approximate surface area is 95.1 Å². The topological polar surface area (TPSA) is 36.9 Å². The van der Waals surface area contributed by atoms with Gasteiger partial charge in [-0.2, -0.15) is 0 Å². The molecule has 2 rings (SSSR count). The largest absolute Gasteiger partial charge is 0.493 e. The van der Waals surface area contributed by atoms with Crippen LogP contribution in [0.5, 0.6) is 17.2 Å². The summed E-state index contributed by atoms with van der Waals surface area (Å²) in [6.07, 6.45) is 0.933. The normalized spacial score (nSPS) is 18.6. The monoisotopic (exact) mass is 224 g/mol. The highest BCUT2D eigenvalue weighted by Crippen LogP contribution is 2.41. The van der Waals surface area contributed by atoms with Crippen LogP contribution in [0.15, 0.2) is 12.1 Å². The fourth-order valence-electron chi connectivity index (χ4n) is 1.93. The summed E-state index contributed by atoms with van der Waals surface area (Å²) in [6, 6.07) is 3.76. The molecule has 4 nitrogen and oxygen atoms in total. The lowest BCUT2D eigenvalue weighted by molar-refractivity contribution is 0.0632. The molecule has 0 bridgehead atoms. The minimum Gasteiger partial charge on any atom is -0.493 e. The van der Waals surface area contributed by atoms with Crippen molar-refractivity contribution in [3.8, 4) is 17.2 Å². The molecule has 1 heterocycles. The Morgan fingerprint density at radius 2 is 1.81 bits per heavy atom. The van der Waals surface area contributed by atoms with Crippen LogP contribution in [0.2, 0.25) is 0 Å². The molecule has 88 valence electrons. The molecule has 1 aromatic carbocycles. The summed E-state index contributed by atoms with van der Waals surface area (Å²) in [5, 5.41) is 0. The number of hydrogen-bond donors (Lipinski definition) is 0. The second kappa shape index (κ2) is 4.61. The standard InChI is InChI=1S/C12H16O4/c1-13-9-4-5-16-10-7-12(15-3)11(14-2)6-8(9)10/h6-7,9H,4-5H2,1-3H3. The van der Waals surface area contributed by atoms with Gasteiger partial charge in [0.1, 0.15) is 5.75 Å². The van der Waals surface area contributed by atoms with E-state index >= 15 is 0 Å². The zero-order chi connectivity index (χ0) is 11.5. The van der Waals surface area contributed by atoms with E-state index in [2.05, 4.69) is 0 Å². The highest BCUT2D eigenvalue weighted by atomic mass is 16.5. The van der Waals surface area contributed by atoms with Crippen LogP contribution in [-0.4, -0.2) is 27.9 Å². The fraction of sp³-hybridized carbons (Fsp3) is 0.500. The predicted octanol–water partition coefficient (Wildman–Crippen LogP) is 2.17. The van der Waals surface area contributed by atoms with Crippen molar-refractivity contribution in [2.24, 2.45) is 0 Å². The first-order chi connectivity index (χ1) is 7.80. The van der Waals surface area contributed by atoms with E-state index in [4.69, 9.17) is 18.9 Å². The van der Waals surface area contributed by atoms with Gasteiger partial charge in [0.15, 0.2) is 11.5 Å². The van der Waals surface area contributed by atoms with Crippen molar-refractivity contribution >= 4 is 0 Å². The van der Waals surface area contributed by atoms with Gasteiger partial charge in [0.2, 0.25) is 0 Å². The maximum atomic E-state index is 5.58. The molecular weight excluding hydrogens is 208 g/mol. The molecule has 1 unspecified atom stereocenters. The molecule has 0 amide bonds. The van der Waals surface area contributed by atoms with E-state index in [9.17, 15) is 0 Å². The third-order valence-electron chi connectivity index (χ3n) is 2.78. The lowest BCUT2D eigenvalue weighted by Crippen LogP contribution is -2.15. The quantitative estimate of drug-likeness (QED) is 0.788. The first-order valence-corrected chi connectivity index (χ1v) is 5.21. The van der Waals surface area contributed by atoms with E-state index in [0.717, 1.165) is 17.7 Å². The highest BCUT2D eigenvalue weighted by molar-refractivity contribution is 5.52. The molecule has 0 fully saturated rings. The fourth-order valence-corrected chi connectivity index (χ4v) is 1.93. The Hall–Kier alpha value is -1.42. The number of benzene rings is 1. The summed E-state index contributed by atoms with van der Waals surface area (Å²) >= 11 is 0. The van der Waals surface area contributed by atoms with Crippen LogP contribution in [0.1, 0.15) is 18.1 Å². The van der Waals surface area contributed by atoms with Crippen molar-refractivity contribution in [2.45, 2.75) is 12.5 Å². The summed E-state index contributed by atoms with van der Waals surface area (Å²) < 4.78 is 21.5. The van der Waals surface area contributed by atoms with Gasteiger partial charge in [-0.05, 0) is 6.07 Å². The molecule has 0 N–H and O–H groups in total. The van der Waals surface area contributed by atoms with Gasteiger partial charge in [0, 0.05) is 25.2 Å². The lowest BCUT2D eigenvalue weighted by Gasteiger charge is -2.25. The van der Waals surface area contributed by atoms with Gasteiger partial charge >= 0.3 is 0 Å². The molecule has 1 aliphatic heterocycles. The van der Waals surface area contributed by atoms with E-state index in [0.29, 0.717) is 18.1 Å². The van der Waals surface area contributed by atoms with Crippen LogP contribution < -0.4 is 14.2 Å². The maximum absolute atomic E-state index is 5.58. The Kier molecular flexibility index (Phi) is 3.19. The van der Waals surface area contributed by atoms with Gasteiger partial charge in [-0.3, -0.25) is 0 Å². The summed E-state index contributed by atoms with van der Waals surface area (Å²) in [4.78, 5) is 0.